The number of aryl methyl sites for hydroxylation is 1. The lowest BCUT2D eigenvalue weighted by molar-refractivity contribution is 0.0970. The van der Waals surface area contributed by atoms with Gasteiger partial charge in [0.2, 0.25) is 0 Å². The number of hydrogen-bond donors (Lipinski definition) is 1. The summed E-state index contributed by atoms with van der Waals surface area (Å²) in [5.74, 6) is 0.702. The zero-order valence-corrected chi connectivity index (χ0v) is 16.7. The van der Waals surface area contributed by atoms with Gasteiger partial charge in [0.05, 0.1) is 6.54 Å². The Morgan fingerprint density at radius 2 is 2.00 bits per heavy atom. The Labute approximate surface area is 155 Å². The number of rotatable bonds is 4. The Bertz CT molecular complexity index is 698. The van der Waals surface area contributed by atoms with Crippen LogP contribution in [-0.4, -0.2) is 15.3 Å². The number of nitrogens with zero attached hydrogens (tertiary/aromatic N) is 2. The molecule has 1 heterocycles. The Kier molecular flexibility index (Phi) is 7.22. The first-order valence-electron chi connectivity index (χ1n) is 5.97. The summed E-state index contributed by atoms with van der Waals surface area (Å²) in [6.07, 6.45) is 1.81. The van der Waals surface area contributed by atoms with E-state index in [0.29, 0.717) is 16.7 Å². The van der Waals surface area contributed by atoms with Crippen LogP contribution in [0, 0.1) is 15.9 Å². The molecular formula is C14H14Br2IN3O. The molecule has 0 aliphatic rings. The summed E-state index contributed by atoms with van der Waals surface area (Å²) < 4.78 is 2.89. The lowest BCUT2D eigenvalue weighted by Gasteiger charge is -2.11. The van der Waals surface area contributed by atoms with Gasteiger partial charge in [0.1, 0.15) is 5.82 Å². The van der Waals surface area contributed by atoms with Gasteiger partial charge in [-0.3, -0.25) is 10.2 Å². The van der Waals surface area contributed by atoms with Crippen LogP contribution < -0.4 is 5.49 Å². The standard InChI is InChI=1S/C14H13BrIN3O.BrH/c1-9-18-14(17)11(6-15)7-19(9)8-13(20)10-2-4-12(16)5-3-10;/h2-5,7,17H,6,8H2,1H3;1H. The first kappa shape index (κ1) is 18.5. The van der Waals surface area contributed by atoms with Gasteiger partial charge in [-0.1, -0.05) is 28.1 Å². The Balaban J connectivity index is 0.00000220. The van der Waals surface area contributed by atoms with Crippen LogP contribution in [-0.2, 0) is 11.9 Å². The van der Waals surface area contributed by atoms with Crippen molar-refractivity contribution in [3.05, 3.63) is 56.5 Å². The van der Waals surface area contributed by atoms with Crippen molar-refractivity contribution in [3.63, 3.8) is 0 Å². The summed E-state index contributed by atoms with van der Waals surface area (Å²) in [7, 11) is 0. The van der Waals surface area contributed by atoms with E-state index >= 15 is 0 Å². The van der Waals surface area contributed by atoms with Gasteiger partial charge in [-0.2, -0.15) is 0 Å². The number of carbonyl (C=O) groups excluding carboxylic acids is 1. The monoisotopic (exact) mass is 525 g/mol. The van der Waals surface area contributed by atoms with E-state index in [9.17, 15) is 4.79 Å². The van der Waals surface area contributed by atoms with Gasteiger partial charge in [-0.15, -0.1) is 17.0 Å². The molecule has 0 saturated carbocycles. The van der Waals surface area contributed by atoms with Crippen molar-refractivity contribution >= 4 is 61.3 Å². The van der Waals surface area contributed by atoms with Gasteiger partial charge in [-0.05, 0) is 41.6 Å². The number of hydrogen-bond acceptors (Lipinski definition) is 3. The molecule has 7 heteroatoms. The van der Waals surface area contributed by atoms with Gasteiger partial charge >= 0.3 is 0 Å². The minimum absolute atomic E-state index is 0. The molecule has 0 amide bonds. The van der Waals surface area contributed by atoms with Gasteiger partial charge in [0.15, 0.2) is 11.3 Å². The summed E-state index contributed by atoms with van der Waals surface area (Å²) >= 11 is 5.54. The molecule has 0 aliphatic carbocycles. The van der Waals surface area contributed by atoms with Crippen molar-refractivity contribution in [1.29, 1.82) is 5.41 Å². The lowest BCUT2D eigenvalue weighted by Crippen LogP contribution is -2.22. The normalized spacial score (nSPS) is 10.0. The molecule has 1 aromatic heterocycles. The molecule has 0 aliphatic heterocycles. The fourth-order valence-corrected chi connectivity index (χ4v) is 2.55. The maximum atomic E-state index is 12.3. The molecule has 0 fully saturated rings. The molecule has 0 spiro atoms. The summed E-state index contributed by atoms with van der Waals surface area (Å²) in [6, 6.07) is 7.50. The van der Waals surface area contributed by atoms with Crippen molar-refractivity contribution in [2.45, 2.75) is 18.8 Å². The highest BCUT2D eigenvalue weighted by Crippen LogP contribution is 2.09. The van der Waals surface area contributed by atoms with Crippen molar-refractivity contribution < 1.29 is 4.79 Å². The van der Waals surface area contributed by atoms with Gasteiger partial charge < -0.3 is 4.57 Å². The third-order valence-corrected chi connectivity index (χ3v) is 4.25. The van der Waals surface area contributed by atoms with Crippen LogP contribution in [0.2, 0.25) is 0 Å². The molecule has 112 valence electrons. The van der Waals surface area contributed by atoms with E-state index < -0.39 is 0 Å². The van der Waals surface area contributed by atoms with E-state index in [1.54, 1.807) is 11.5 Å². The SMILES string of the molecule is Br.Cc1nc(=N)c(CBr)cn1CC(=O)c1ccc(I)cc1. The number of benzene rings is 1. The van der Waals surface area contributed by atoms with Crippen LogP contribution in [0.4, 0.5) is 0 Å². The van der Waals surface area contributed by atoms with E-state index in [1.165, 1.54) is 0 Å². The van der Waals surface area contributed by atoms with Gasteiger partial charge in [0, 0.05) is 26.2 Å². The number of halogens is 3. The zero-order chi connectivity index (χ0) is 14.7. The predicted octanol–water partition coefficient (Wildman–Crippen LogP) is 3.63. The quantitative estimate of drug-likeness (QED) is 0.376. The molecule has 0 saturated heterocycles. The van der Waals surface area contributed by atoms with Crippen molar-refractivity contribution in [2.75, 3.05) is 0 Å². The summed E-state index contributed by atoms with van der Waals surface area (Å²) in [5.41, 5.74) is 1.70. The summed E-state index contributed by atoms with van der Waals surface area (Å²) in [4.78, 5) is 16.4. The number of aromatic nitrogens is 2. The molecule has 21 heavy (non-hydrogen) atoms. The van der Waals surface area contributed by atoms with E-state index in [2.05, 4.69) is 43.5 Å². The molecule has 0 bridgehead atoms. The van der Waals surface area contributed by atoms with E-state index in [4.69, 9.17) is 5.41 Å². The van der Waals surface area contributed by atoms with Crippen molar-refractivity contribution in [2.24, 2.45) is 0 Å². The molecule has 0 atom stereocenters. The van der Waals surface area contributed by atoms with Crippen molar-refractivity contribution in [1.82, 2.24) is 9.55 Å². The van der Waals surface area contributed by atoms with Crippen LogP contribution in [0.25, 0.3) is 0 Å². The molecular weight excluding hydrogens is 513 g/mol. The highest BCUT2D eigenvalue weighted by Gasteiger charge is 2.09. The Morgan fingerprint density at radius 1 is 1.38 bits per heavy atom. The average molecular weight is 527 g/mol. The largest absolute Gasteiger partial charge is 0.328 e. The average Bonchev–Trinajstić information content (AvgIpc) is 2.42. The second-order valence-electron chi connectivity index (χ2n) is 4.35. The fraction of sp³-hybridized carbons (Fsp3) is 0.214. The predicted molar refractivity (Wildman–Crippen MR) is 99.3 cm³/mol. The molecule has 0 radical (unpaired) electrons. The topological polar surface area (TPSA) is 58.7 Å². The van der Waals surface area contributed by atoms with E-state index in [1.807, 2.05) is 30.5 Å². The minimum Gasteiger partial charge on any atom is -0.328 e. The number of carbonyl (C=O) groups is 1. The molecule has 4 nitrogen and oxygen atoms in total. The molecule has 2 rings (SSSR count). The summed E-state index contributed by atoms with van der Waals surface area (Å²) in [5, 5.41) is 8.29. The second-order valence-corrected chi connectivity index (χ2v) is 6.16. The number of Topliss-reactive ketones (excluding diaryl/α,β-unsaturated/α-hetero) is 1. The van der Waals surface area contributed by atoms with E-state index in [0.717, 1.165) is 9.13 Å². The van der Waals surface area contributed by atoms with E-state index in [-0.39, 0.29) is 34.8 Å². The number of ketones is 1. The van der Waals surface area contributed by atoms with Gasteiger partial charge in [0.25, 0.3) is 0 Å². The first-order chi connectivity index (χ1) is 9.51. The fourth-order valence-electron chi connectivity index (χ4n) is 1.78. The van der Waals surface area contributed by atoms with Crippen LogP contribution in [0.3, 0.4) is 0 Å². The summed E-state index contributed by atoms with van der Waals surface area (Å²) in [6.45, 7) is 2.04. The smallest absolute Gasteiger partial charge is 0.182 e. The lowest BCUT2D eigenvalue weighted by atomic mass is 10.1. The van der Waals surface area contributed by atoms with Crippen molar-refractivity contribution in [3.8, 4) is 0 Å². The molecule has 1 aromatic carbocycles. The second kappa shape index (κ2) is 8.19. The van der Waals surface area contributed by atoms with Crippen LogP contribution in [0.5, 0.6) is 0 Å². The first-order valence-corrected chi connectivity index (χ1v) is 8.17. The highest BCUT2D eigenvalue weighted by molar-refractivity contribution is 14.1. The van der Waals surface area contributed by atoms with Crippen LogP contribution in [0.1, 0.15) is 21.7 Å². The Hall–Kier alpha value is -0.540. The highest BCUT2D eigenvalue weighted by atomic mass is 127. The third kappa shape index (κ3) is 4.72. The maximum absolute atomic E-state index is 12.3. The molecule has 1 N–H and O–H groups in total. The third-order valence-electron chi connectivity index (χ3n) is 2.93. The Morgan fingerprint density at radius 3 is 2.57 bits per heavy atom. The molecule has 2 aromatic rings. The van der Waals surface area contributed by atoms with Gasteiger partial charge in [-0.25, -0.2) is 4.98 Å². The van der Waals surface area contributed by atoms with Crippen LogP contribution in [0.15, 0.2) is 30.5 Å². The molecule has 0 unspecified atom stereocenters. The number of alkyl halides is 1. The maximum Gasteiger partial charge on any atom is 0.182 e. The zero-order valence-electron chi connectivity index (χ0n) is 11.3. The minimum atomic E-state index is 0. The number of nitrogens with one attached hydrogen (secondary N) is 1. The van der Waals surface area contributed by atoms with Crippen LogP contribution >= 0.6 is 55.5 Å².